The number of amidine groups is 1. The number of carbonyl (C=O) groups is 1. The van der Waals surface area contributed by atoms with E-state index in [0.717, 1.165) is 27.8 Å². The second-order valence-corrected chi connectivity index (χ2v) is 7.99. The van der Waals surface area contributed by atoms with Gasteiger partial charge in [-0.1, -0.05) is 36.4 Å². The van der Waals surface area contributed by atoms with Crippen LogP contribution in [0.5, 0.6) is 0 Å². The quantitative estimate of drug-likeness (QED) is 0.467. The first-order valence-electron chi connectivity index (χ1n) is 10.9. The second kappa shape index (κ2) is 8.90. The molecule has 0 atom stereocenters. The van der Waals surface area contributed by atoms with Crippen molar-refractivity contribution in [2.45, 2.75) is 19.8 Å². The van der Waals surface area contributed by atoms with Crippen molar-refractivity contribution >= 4 is 28.4 Å². The summed E-state index contributed by atoms with van der Waals surface area (Å²) in [6, 6.07) is 17.8. The van der Waals surface area contributed by atoms with Crippen molar-refractivity contribution in [3.8, 4) is 11.1 Å². The number of nitrogens with one attached hydrogen (secondary N) is 2. The summed E-state index contributed by atoms with van der Waals surface area (Å²) in [7, 11) is 0. The van der Waals surface area contributed by atoms with Gasteiger partial charge in [0.05, 0.1) is 23.4 Å². The largest absolute Gasteiger partial charge is 0.450 e. The predicted octanol–water partition coefficient (Wildman–Crippen LogP) is 4.65. The lowest BCUT2D eigenvalue weighted by atomic mass is 9.97. The van der Waals surface area contributed by atoms with Crippen LogP contribution in [0, 0.1) is 5.82 Å². The van der Waals surface area contributed by atoms with Crippen molar-refractivity contribution in [2.24, 2.45) is 4.99 Å². The van der Waals surface area contributed by atoms with Crippen molar-refractivity contribution in [2.75, 3.05) is 6.61 Å². The van der Waals surface area contributed by atoms with Crippen LogP contribution in [-0.4, -0.2) is 28.7 Å². The minimum atomic E-state index is -0.535. The number of nitrogens with zero attached hydrogens (tertiary/aromatic N) is 2. The Morgan fingerprint density at radius 2 is 1.91 bits per heavy atom. The van der Waals surface area contributed by atoms with Gasteiger partial charge in [0.25, 0.3) is 5.56 Å². The van der Waals surface area contributed by atoms with Crippen molar-refractivity contribution in [1.82, 2.24) is 15.5 Å². The van der Waals surface area contributed by atoms with Crippen LogP contribution in [0.4, 0.5) is 14.9 Å². The summed E-state index contributed by atoms with van der Waals surface area (Å²) < 4.78 is 19.5. The molecule has 34 heavy (non-hydrogen) atoms. The number of benzene rings is 3. The van der Waals surface area contributed by atoms with E-state index in [0.29, 0.717) is 35.3 Å². The highest BCUT2D eigenvalue weighted by Gasteiger charge is 2.18. The first-order chi connectivity index (χ1) is 16.5. The number of hydrogen-bond donors (Lipinski definition) is 2. The number of aromatic amines is 1. The lowest BCUT2D eigenvalue weighted by Gasteiger charge is -2.09. The number of fused-ring (bicyclic) bond motifs is 2. The van der Waals surface area contributed by atoms with Gasteiger partial charge < -0.3 is 4.74 Å². The summed E-state index contributed by atoms with van der Waals surface area (Å²) in [5.74, 6) is 0.149. The maximum Gasteiger partial charge on any atom is 0.412 e. The van der Waals surface area contributed by atoms with E-state index >= 15 is 0 Å². The zero-order chi connectivity index (χ0) is 23.7. The number of H-pyrrole nitrogens is 1. The molecule has 1 aliphatic rings. The molecule has 1 aliphatic heterocycles. The van der Waals surface area contributed by atoms with Gasteiger partial charge in [-0.15, -0.1) is 0 Å². The van der Waals surface area contributed by atoms with E-state index in [2.05, 4.69) is 20.5 Å². The fraction of sp³-hybridized carbons (Fsp3) is 0.154. The number of rotatable bonds is 4. The van der Waals surface area contributed by atoms with E-state index in [4.69, 9.17) is 4.74 Å². The number of alkyl carbamates (subject to hydrolysis) is 1. The van der Waals surface area contributed by atoms with Crippen LogP contribution in [0.2, 0.25) is 0 Å². The first-order valence-corrected chi connectivity index (χ1v) is 10.9. The van der Waals surface area contributed by atoms with Crippen molar-refractivity contribution in [3.05, 3.63) is 93.7 Å². The van der Waals surface area contributed by atoms with Gasteiger partial charge in [-0.25, -0.2) is 19.3 Å². The van der Waals surface area contributed by atoms with Gasteiger partial charge in [-0.05, 0) is 53.4 Å². The van der Waals surface area contributed by atoms with Crippen LogP contribution >= 0.6 is 0 Å². The number of hydrogen-bond acceptors (Lipinski definition) is 5. The summed E-state index contributed by atoms with van der Waals surface area (Å²) in [5.41, 5.74) is 4.34. The smallest absolute Gasteiger partial charge is 0.412 e. The van der Waals surface area contributed by atoms with E-state index in [1.54, 1.807) is 19.1 Å². The molecule has 1 amide bonds. The molecule has 0 saturated heterocycles. The molecule has 4 aromatic rings. The standard InChI is InChI=1S/C26H21FN4O3/c1-2-34-26(33)29-24-14-17-8-7-16(13-22(17)28-24)18-9-15(10-19(27)12-18)11-23-20-5-3-4-6-21(20)25(32)31-30-23/h3-10,12-13H,2,11,14H2,1H3,(H,31,32)(H,28,29,33). The zero-order valence-corrected chi connectivity index (χ0v) is 18.4. The third-order valence-corrected chi connectivity index (χ3v) is 5.66. The summed E-state index contributed by atoms with van der Waals surface area (Å²) >= 11 is 0. The average Bonchev–Trinajstić information content (AvgIpc) is 3.22. The van der Waals surface area contributed by atoms with Crippen LogP contribution in [-0.2, 0) is 17.6 Å². The van der Waals surface area contributed by atoms with E-state index in [-0.39, 0.29) is 18.0 Å². The predicted molar refractivity (Wildman–Crippen MR) is 128 cm³/mol. The summed E-state index contributed by atoms with van der Waals surface area (Å²) in [6.07, 6.45) is 0.319. The zero-order valence-electron chi connectivity index (χ0n) is 18.4. The van der Waals surface area contributed by atoms with Crippen LogP contribution in [0.3, 0.4) is 0 Å². The molecule has 5 rings (SSSR count). The Morgan fingerprint density at radius 1 is 1.09 bits per heavy atom. The molecular formula is C26H21FN4O3. The van der Waals surface area contributed by atoms with Gasteiger partial charge in [0, 0.05) is 18.2 Å². The molecule has 0 saturated carbocycles. The number of ether oxygens (including phenoxy) is 1. The highest BCUT2D eigenvalue weighted by atomic mass is 19.1. The minimum absolute atomic E-state index is 0.255. The Hall–Kier alpha value is -4.33. The maximum atomic E-state index is 14.6. The fourth-order valence-corrected chi connectivity index (χ4v) is 4.14. The molecule has 0 fully saturated rings. The Kier molecular flexibility index (Phi) is 5.63. The maximum absolute atomic E-state index is 14.6. The van der Waals surface area contributed by atoms with Crippen LogP contribution < -0.4 is 10.9 Å². The number of halogens is 1. The molecule has 0 radical (unpaired) electrons. The second-order valence-electron chi connectivity index (χ2n) is 7.99. The molecule has 8 heteroatoms. The molecular weight excluding hydrogens is 435 g/mol. The van der Waals surface area contributed by atoms with Gasteiger partial charge >= 0.3 is 6.09 Å². The van der Waals surface area contributed by atoms with Gasteiger partial charge in [-0.2, -0.15) is 5.10 Å². The van der Waals surface area contributed by atoms with Gasteiger partial charge in [0.15, 0.2) is 0 Å². The third kappa shape index (κ3) is 4.30. The minimum Gasteiger partial charge on any atom is -0.450 e. The fourth-order valence-electron chi connectivity index (χ4n) is 4.14. The van der Waals surface area contributed by atoms with Gasteiger partial charge in [-0.3, -0.25) is 10.1 Å². The number of aromatic nitrogens is 2. The van der Waals surface area contributed by atoms with Crippen LogP contribution in [0.25, 0.3) is 21.9 Å². The highest BCUT2D eigenvalue weighted by molar-refractivity contribution is 6.01. The molecule has 0 unspecified atom stereocenters. The SMILES string of the molecule is CCOC(=O)NC1=Nc2cc(-c3cc(F)cc(Cc4n[nH]c(=O)c5ccccc45)c3)ccc2C1. The Morgan fingerprint density at radius 3 is 2.74 bits per heavy atom. The first kappa shape index (κ1) is 21.5. The Bertz CT molecular complexity index is 1510. The summed E-state index contributed by atoms with van der Waals surface area (Å²) in [6.45, 7) is 2.02. The summed E-state index contributed by atoms with van der Waals surface area (Å²) in [4.78, 5) is 28.2. The molecule has 0 aliphatic carbocycles. The topological polar surface area (TPSA) is 96.4 Å². The summed E-state index contributed by atoms with van der Waals surface area (Å²) in [5, 5.41) is 10.7. The molecule has 1 aromatic heterocycles. The van der Waals surface area contributed by atoms with E-state index < -0.39 is 6.09 Å². The van der Waals surface area contributed by atoms with Crippen molar-refractivity contribution in [3.63, 3.8) is 0 Å². The Labute approximate surface area is 194 Å². The van der Waals surface area contributed by atoms with Gasteiger partial charge in [0.1, 0.15) is 11.7 Å². The molecule has 3 aromatic carbocycles. The number of aliphatic imine (C=N–C) groups is 1. The monoisotopic (exact) mass is 456 g/mol. The lowest BCUT2D eigenvalue weighted by molar-refractivity contribution is 0.157. The van der Waals surface area contributed by atoms with E-state index in [1.807, 2.05) is 36.4 Å². The third-order valence-electron chi connectivity index (χ3n) is 5.66. The lowest BCUT2D eigenvalue weighted by Crippen LogP contribution is -2.30. The van der Waals surface area contributed by atoms with Crippen LogP contribution in [0.1, 0.15) is 23.7 Å². The highest BCUT2D eigenvalue weighted by Crippen LogP contribution is 2.32. The van der Waals surface area contributed by atoms with Crippen LogP contribution in [0.15, 0.2) is 70.5 Å². The molecule has 7 nitrogen and oxygen atoms in total. The molecule has 0 spiro atoms. The van der Waals surface area contributed by atoms with E-state index in [1.165, 1.54) is 12.1 Å². The Balaban J connectivity index is 1.45. The average molecular weight is 456 g/mol. The van der Waals surface area contributed by atoms with Gasteiger partial charge in [0.2, 0.25) is 0 Å². The normalized spacial score (nSPS) is 12.4. The molecule has 0 bridgehead atoms. The molecule has 170 valence electrons. The molecule has 2 N–H and O–H groups in total. The number of amides is 1. The van der Waals surface area contributed by atoms with E-state index in [9.17, 15) is 14.0 Å². The molecule has 2 heterocycles. The van der Waals surface area contributed by atoms with Crippen molar-refractivity contribution < 1.29 is 13.9 Å². The van der Waals surface area contributed by atoms with Crippen molar-refractivity contribution in [1.29, 1.82) is 0 Å². The number of carbonyl (C=O) groups excluding carboxylic acids is 1.